The van der Waals surface area contributed by atoms with Gasteiger partial charge in [0, 0.05) is 6.07 Å². The fraction of sp³-hybridized carbons (Fsp3) is 0.143. The summed E-state index contributed by atoms with van der Waals surface area (Å²) in [5.41, 5.74) is 0.717. The van der Waals surface area contributed by atoms with Crippen LogP contribution < -0.4 is 9.64 Å². The third-order valence-corrected chi connectivity index (χ3v) is 3.98. The molecule has 1 aliphatic heterocycles. The number of aromatic nitrogens is 1. The van der Waals surface area contributed by atoms with Crippen LogP contribution in [0, 0.1) is 10.1 Å². The van der Waals surface area contributed by atoms with E-state index in [0.29, 0.717) is 21.4 Å². The van der Waals surface area contributed by atoms with Crippen molar-refractivity contribution in [1.82, 2.24) is 4.98 Å². The quantitative estimate of drug-likeness (QED) is 0.624. The van der Waals surface area contributed by atoms with Crippen LogP contribution in [0.4, 0.5) is 11.6 Å². The lowest BCUT2D eigenvalue weighted by Crippen LogP contribution is -2.39. The molecule has 0 saturated heterocycles. The number of hydrogen-bond acceptors (Lipinski definition) is 5. The SMILES string of the molecule is O=C1COc2ccc([N+](=O)[O-])nc2N1Cc1ccc(Cl)c(Cl)c1. The Labute approximate surface area is 140 Å². The van der Waals surface area contributed by atoms with E-state index in [-0.39, 0.29) is 30.7 Å². The first-order valence-corrected chi connectivity index (χ1v) is 7.24. The predicted molar refractivity (Wildman–Crippen MR) is 84.0 cm³/mol. The fourth-order valence-corrected chi connectivity index (χ4v) is 2.47. The molecule has 3 rings (SSSR count). The second kappa shape index (κ2) is 6.02. The number of pyridine rings is 1. The number of anilines is 1. The van der Waals surface area contributed by atoms with Gasteiger partial charge >= 0.3 is 5.82 Å². The van der Waals surface area contributed by atoms with Crippen molar-refractivity contribution < 1.29 is 14.5 Å². The second-order valence-corrected chi connectivity index (χ2v) is 5.58. The number of halogens is 2. The second-order valence-electron chi connectivity index (χ2n) is 4.77. The number of ether oxygens (including phenoxy) is 1. The van der Waals surface area contributed by atoms with Crippen LogP contribution in [0.15, 0.2) is 30.3 Å². The number of nitrogens with zero attached hydrogens (tertiary/aromatic N) is 3. The van der Waals surface area contributed by atoms with Crippen LogP contribution in [0.3, 0.4) is 0 Å². The summed E-state index contributed by atoms with van der Waals surface area (Å²) in [6.07, 6.45) is 0. The van der Waals surface area contributed by atoms with Crippen molar-refractivity contribution in [1.29, 1.82) is 0 Å². The molecule has 1 aromatic carbocycles. The Kier molecular flexibility index (Phi) is 4.06. The Bertz CT molecular complexity index is 813. The molecule has 0 radical (unpaired) electrons. The van der Waals surface area contributed by atoms with Crippen LogP contribution in [0.1, 0.15) is 5.56 Å². The maximum atomic E-state index is 12.1. The zero-order chi connectivity index (χ0) is 16.6. The number of hydrogen-bond donors (Lipinski definition) is 0. The Morgan fingerprint density at radius 2 is 2.04 bits per heavy atom. The van der Waals surface area contributed by atoms with Gasteiger partial charge in [0.15, 0.2) is 12.4 Å². The average Bonchev–Trinajstić information content (AvgIpc) is 2.53. The monoisotopic (exact) mass is 353 g/mol. The predicted octanol–water partition coefficient (Wildman–Crippen LogP) is 3.22. The minimum absolute atomic E-state index is 0.113. The highest BCUT2D eigenvalue weighted by molar-refractivity contribution is 6.42. The molecule has 1 amide bonds. The molecule has 0 aliphatic carbocycles. The average molecular weight is 354 g/mol. The van der Waals surface area contributed by atoms with Gasteiger partial charge in [-0.25, -0.2) is 0 Å². The van der Waals surface area contributed by atoms with E-state index in [1.54, 1.807) is 18.2 Å². The smallest absolute Gasteiger partial charge is 0.366 e. The van der Waals surface area contributed by atoms with Crippen molar-refractivity contribution in [3.8, 4) is 5.75 Å². The van der Waals surface area contributed by atoms with E-state index in [4.69, 9.17) is 27.9 Å². The number of rotatable bonds is 3. The highest BCUT2D eigenvalue weighted by Gasteiger charge is 2.32. The fourth-order valence-electron chi connectivity index (χ4n) is 2.15. The maximum absolute atomic E-state index is 12.1. The third-order valence-electron chi connectivity index (χ3n) is 3.24. The van der Waals surface area contributed by atoms with E-state index in [2.05, 4.69) is 4.98 Å². The van der Waals surface area contributed by atoms with Gasteiger partial charge in [0.25, 0.3) is 11.7 Å². The number of carbonyl (C=O) groups excluding carboxylic acids is 1. The molecule has 0 unspecified atom stereocenters. The molecule has 2 heterocycles. The molecular weight excluding hydrogens is 345 g/mol. The summed E-state index contributed by atoms with van der Waals surface area (Å²) >= 11 is 11.8. The van der Waals surface area contributed by atoms with Gasteiger partial charge in [-0.15, -0.1) is 0 Å². The molecule has 0 bridgehead atoms. The lowest BCUT2D eigenvalue weighted by molar-refractivity contribution is -0.389. The summed E-state index contributed by atoms with van der Waals surface area (Å²) in [5.74, 6) is -0.283. The summed E-state index contributed by atoms with van der Waals surface area (Å²) in [6, 6.07) is 7.62. The standard InChI is InChI=1S/C14H9Cl2N3O4/c15-9-2-1-8(5-10(9)16)6-18-13(20)7-23-11-3-4-12(19(21)22)17-14(11)18/h1-5H,6-7H2. The molecule has 0 N–H and O–H groups in total. The van der Waals surface area contributed by atoms with Gasteiger partial charge in [0.1, 0.15) is 0 Å². The van der Waals surface area contributed by atoms with Gasteiger partial charge in [-0.1, -0.05) is 29.3 Å². The number of nitro groups is 1. The minimum Gasteiger partial charge on any atom is -0.477 e. The zero-order valence-electron chi connectivity index (χ0n) is 11.5. The van der Waals surface area contributed by atoms with Gasteiger partial charge in [-0.2, -0.15) is 0 Å². The van der Waals surface area contributed by atoms with Crippen LogP contribution in [0.25, 0.3) is 0 Å². The molecule has 9 heteroatoms. The van der Waals surface area contributed by atoms with Crippen molar-refractivity contribution in [2.24, 2.45) is 0 Å². The van der Waals surface area contributed by atoms with Gasteiger partial charge < -0.3 is 14.9 Å². The third kappa shape index (κ3) is 3.06. The van der Waals surface area contributed by atoms with Crippen LogP contribution in [0.5, 0.6) is 5.75 Å². The van der Waals surface area contributed by atoms with E-state index in [0.717, 1.165) is 0 Å². The van der Waals surface area contributed by atoms with Gasteiger partial charge in [-0.05, 0) is 33.7 Å². The van der Waals surface area contributed by atoms with E-state index in [1.807, 2.05) is 0 Å². The molecule has 2 aromatic rings. The van der Waals surface area contributed by atoms with Crippen molar-refractivity contribution in [2.45, 2.75) is 6.54 Å². The molecule has 1 aliphatic rings. The molecule has 118 valence electrons. The van der Waals surface area contributed by atoms with Gasteiger partial charge in [0.2, 0.25) is 0 Å². The van der Waals surface area contributed by atoms with Crippen molar-refractivity contribution >= 4 is 40.7 Å². The van der Waals surface area contributed by atoms with E-state index in [9.17, 15) is 14.9 Å². The summed E-state index contributed by atoms with van der Waals surface area (Å²) in [4.78, 5) is 27.6. The topological polar surface area (TPSA) is 85.6 Å². The van der Waals surface area contributed by atoms with Crippen LogP contribution in [-0.2, 0) is 11.3 Å². The Morgan fingerprint density at radius 3 is 2.74 bits per heavy atom. The molecule has 1 aromatic heterocycles. The highest BCUT2D eigenvalue weighted by Crippen LogP contribution is 2.33. The summed E-state index contributed by atoms with van der Waals surface area (Å²) in [7, 11) is 0. The normalized spacial score (nSPS) is 13.5. The van der Waals surface area contributed by atoms with Crippen LogP contribution in [-0.4, -0.2) is 22.4 Å². The van der Waals surface area contributed by atoms with Gasteiger partial charge in [-0.3, -0.25) is 9.69 Å². The number of benzene rings is 1. The number of carbonyl (C=O) groups is 1. The first-order valence-electron chi connectivity index (χ1n) is 6.48. The number of fused-ring (bicyclic) bond motifs is 1. The zero-order valence-corrected chi connectivity index (χ0v) is 13.0. The summed E-state index contributed by atoms with van der Waals surface area (Å²) < 4.78 is 5.26. The first-order chi connectivity index (χ1) is 11.0. The molecule has 7 nitrogen and oxygen atoms in total. The lowest BCUT2D eigenvalue weighted by atomic mass is 10.2. The molecule has 0 spiro atoms. The Balaban J connectivity index is 1.98. The Hall–Kier alpha value is -2.38. The maximum Gasteiger partial charge on any atom is 0.366 e. The van der Waals surface area contributed by atoms with Crippen LogP contribution >= 0.6 is 23.2 Å². The van der Waals surface area contributed by atoms with Crippen LogP contribution in [0.2, 0.25) is 10.0 Å². The summed E-state index contributed by atoms with van der Waals surface area (Å²) in [5, 5.41) is 11.6. The Morgan fingerprint density at radius 1 is 1.26 bits per heavy atom. The molecule has 0 atom stereocenters. The molecule has 0 fully saturated rings. The van der Waals surface area contributed by atoms with Crippen molar-refractivity contribution in [3.05, 3.63) is 56.1 Å². The molecular formula is C14H9Cl2N3O4. The minimum atomic E-state index is -0.628. The molecule has 23 heavy (non-hydrogen) atoms. The largest absolute Gasteiger partial charge is 0.477 e. The van der Waals surface area contributed by atoms with Crippen molar-refractivity contribution in [3.63, 3.8) is 0 Å². The van der Waals surface area contributed by atoms with E-state index >= 15 is 0 Å². The lowest BCUT2D eigenvalue weighted by Gasteiger charge is -2.25. The highest BCUT2D eigenvalue weighted by atomic mass is 35.5. The van der Waals surface area contributed by atoms with E-state index in [1.165, 1.54) is 17.0 Å². The molecule has 0 saturated carbocycles. The number of amides is 1. The first kappa shape index (κ1) is 15.5. The van der Waals surface area contributed by atoms with Crippen molar-refractivity contribution in [2.75, 3.05) is 11.5 Å². The van der Waals surface area contributed by atoms with E-state index < -0.39 is 4.92 Å². The van der Waals surface area contributed by atoms with Gasteiger partial charge in [0.05, 0.1) is 16.6 Å². The summed E-state index contributed by atoms with van der Waals surface area (Å²) in [6.45, 7) is -0.00589.